The van der Waals surface area contributed by atoms with Crippen LogP contribution in [0.2, 0.25) is 0 Å². The zero-order valence-corrected chi connectivity index (χ0v) is 5.77. The lowest BCUT2D eigenvalue weighted by molar-refractivity contribution is -0.114. The van der Waals surface area contributed by atoms with Gasteiger partial charge in [-0.25, -0.2) is 0 Å². The summed E-state index contributed by atoms with van der Waals surface area (Å²) in [4.78, 5) is 10.1. The van der Waals surface area contributed by atoms with Gasteiger partial charge in [0.05, 0.1) is 7.11 Å². The summed E-state index contributed by atoms with van der Waals surface area (Å²) in [5.41, 5.74) is 0. The Kier molecular flexibility index (Phi) is 3.57. The predicted molar refractivity (Wildman–Crippen MR) is 30.2 cm³/mol. The van der Waals surface area contributed by atoms with Crippen LogP contribution in [0.4, 0.5) is 0 Å². The highest BCUT2D eigenvalue weighted by molar-refractivity contribution is 7.40. The number of Topliss-reactive ketones (excluding diaryl/α,β-unsaturated/α-hetero) is 1. The van der Waals surface area contributed by atoms with Gasteiger partial charge in [-0.3, -0.25) is 4.79 Å². The second kappa shape index (κ2) is 3.70. The van der Waals surface area contributed by atoms with E-state index in [4.69, 9.17) is 0 Å². The van der Waals surface area contributed by atoms with Gasteiger partial charge in [0.1, 0.15) is 0 Å². The van der Waals surface area contributed by atoms with Crippen molar-refractivity contribution < 1.29 is 13.9 Å². The lowest BCUT2D eigenvalue weighted by Gasteiger charge is -1.74. The minimum Gasteiger partial charge on any atom is -0.295 e. The van der Waals surface area contributed by atoms with Gasteiger partial charge in [0.2, 0.25) is 6.16 Å². The summed E-state index contributed by atoms with van der Waals surface area (Å²) >= 11 is 0. The Balaban J connectivity index is 3.40. The van der Waals surface area contributed by atoms with Gasteiger partial charge in [0, 0.05) is 0 Å². The third-order valence-electron chi connectivity index (χ3n) is 0.555. The van der Waals surface area contributed by atoms with E-state index >= 15 is 0 Å². The molecule has 0 aromatic rings. The number of carbonyl (C=O) groups is 1. The quantitative estimate of drug-likeness (QED) is 0.541. The van der Waals surface area contributed by atoms with Crippen molar-refractivity contribution in [2.24, 2.45) is 0 Å². The van der Waals surface area contributed by atoms with E-state index < -0.39 is 8.03 Å². The molecule has 0 rings (SSSR count). The summed E-state index contributed by atoms with van der Waals surface area (Å²) in [6, 6.07) is 0. The van der Waals surface area contributed by atoms with Crippen molar-refractivity contribution in [1.82, 2.24) is 0 Å². The molecule has 0 aromatic heterocycles. The van der Waals surface area contributed by atoms with Crippen molar-refractivity contribution in [2.45, 2.75) is 6.92 Å². The first-order valence-electron chi connectivity index (χ1n) is 2.15. The van der Waals surface area contributed by atoms with Gasteiger partial charge in [-0.2, -0.15) is 0 Å². The van der Waals surface area contributed by atoms with Crippen LogP contribution in [0.5, 0.6) is 0 Å². The lowest BCUT2D eigenvalue weighted by atomic mass is 10.5. The highest BCUT2D eigenvalue weighted by Crippen LogP contribution is 2.18. The molecule has 46 valence electrons. The van der Waals surface area contributed by atoms with E-state index in [0.29, 0.717) is 0 Å². The van der Waals surface area contributed by atoms with Gasteiger partial charge in [0.25, 0.3) is 0 Å². The van der Waals surface area contributed by atoms with Crippen molar-refractivity contribution in [3.05, 3.63) is 0 Å². The van der Waals surface area contributed by atoms with E-state index in [2.05, 4.69) is 4.52 Å². The van der Waals surface area contributed by atoms with Crippen LogP contribution in [-0.2, 0) is 13.9 Å². The zero-order valence-electron chi connectivity index (χ0n) is 4.88. The molecule has 1 atom stereocenters. The highest BCUT2D eigenvalue weighted by atomic mass is 31.1. The van der Waals surface area contributed by atoms with Gasteiger partial charge >= 0.3 is 8.03 Å². The van der Waals surface area contributed by atoms with Crippen molar-refractivity contribution >= 4 is 13.8 Å². The van der Waals surface area contributed by atoms with Crippen LogP contribution in [0.15, 0.2) is 0 Å². The van der Waals surface area contributed by atoms with Gasteiger partial charge in [0.15, 0.2) is 5.78 Å². The van der Waals surface area contributed by atoms with Gasteiger partial charge < -0.3 is 0 Å². The van der Waals surface area contributed by atoms with Crippen LogP contribution in [0.1, 0.15) is 6.92 Å². The Morgan fingerprint density at radius 2 is 2.25 bits per heavy atom. The zero-order chi connectivity index (χ0) is 6.57. The Morgan fingerprint density at radius 3 is 2.38 bits per heavy atom. The van der Waals surface area contributed by atoms with Gasteiger partial charge in [-0.15, -0.1) is 4.52 Å². The largest absolute Gasteiger partial charge is 0.515 e. The van der Waals surface area contributed by atoms with E-state index in [0.717, 1.165) is 0 Å². The number of hydrogen-bond acceptors (Lipinski definition) is 3. The molecule has 4 heteroatoms. The van der Waals surface area contributed by atoms with Crippen LogP contribution in [0.3, 0.4) is 0 Å². The summed E-state index contributed by atoms with van der Waals surface area (Å²) in [6.07, 6.45) is 0.0336. The third-order valence-corrected chi connectivity index (χ3v) is 1.67. The third kappa shape index (κ3) is 3.90. The maximum atomic E-state index is 10.3. The van der Waals surface area contributed by atoms with Crippen molar-refractivity contribution in [3.63, 3.8) is 0 Å². The summed E-state index contributed by atoms with van der Waals surface area (Å²) < 4.78 is 14.7. The molecule has 0 bridgehead atoms. The van der Waals surface area contributed by atoms with Crippen molar-refractivity contribution in [1.29, 1.82) is 0 Å². The number of rotatable bonds is 3. The molecule has 0 saturated carbocycles. The summed E-state index contributed by atoms with van der Waals surface area (Å²) in [5.74, 6) is -0.104. The Bertz CT molecular complexity index is 110. The maximum absolute atomic E-state index is 10.3. The molecule has 3 nitrogen and oxygen atoms in total. The minimum absolute atomic E-state index is 0.0336. The molecular formula is C4H8O3P+. The van der Waals surface area contributed by atoms with E-state index in [1.165, 1.54) is 14.0 Å². The molecule has 0 saturated heterocycles. The number of hydrogen-bond donors (Lipinski definition) is 0. The lowest BCUT2D eigenvalue weighted by Crippen LogP contribution is -1.92. The second-order valence-corrected chi connectivity index (χ2v) is 2.72. The first kappa shape index (κ1) is 7.73. The van der Waals surface area contributed by atoms with E-state index in [1.807, 2.05) is 0 Å². The molecule has 0 radical (unpaired) electrons. The monoisotopic (exact) mass is 135 g/mol. The van der Waals surface area contributed by atoms with Crippen LogP contribution < -0.4 is 0 Å². The predicted octanol–water partition coefficient (Wildman–Crippen LogP) is 0.964. The molecular weight excluding hydrogens is 127 g/mol. The molecule has 0 spiro atoms. The van der Waals surface area contributed by atoms with E-state index in [-0.39, 0.29) is 11.9 Å². The Morgan fingerprint density at radius 1 is 1.75 bits per heavy atom. The Hall–Kier alpha value is -0.270. The number of ketones is 1. The summed E-state index contributed by atoms with van der Waals surface area (Å²) in [5, 5.41) is 0. The number of carbonyl (C=O) groups excluding carboxylic acids is 1. The summed E-state index contributed by atoms with van der Waals surface area (Å²) in [6.45, 7) is 1.38. The fourth-order valence-corrected chi connectivity index (χ4v) is 0.739. The van der Waals surface area contributed by atoms with Gasteiger partial charge in [-0.05, 0) is 11.5 Å². The molecule has 1 unspecified atom stereocenters. The molecule has 0 aromatic carbocycles. The van der Waals surface area contributed by atoms with Crippen LogP contribution in [0.25, 0.3) is 0 Å². The SMILES string of the molecule is CO[P+](=O)CC(C)=O. The Labute approximate surface area is 48.9 Å². The standard InChI is InChI=1S/C4H8O3P/c1-4(5)3-8(6)7-2/h3H2,1-2H3/q+1. The molecule has 0 aliphatic heterocycles. The summed E-state index contributed by atoms with van der Waals surface area (Å²) in [7, 11) is -0.396. The molecule has 0 aliphatic carbocycles. The average molecular weight is 135 g/mol. The smallest absolute Gasteiger partial charge is 0.295 e. The first-order chi connectivity index (χ1) is 3.66. The van der Waals surface area contributed by atoms with Crippen molar-refractivity contribution in [3.8, 4) is 0 Å². The normalized spacial score (nSPS) is 11.0. The topological polar surface area (TPSA) is 43.4 Å². The maximum Gasteiger partial charge on any atom is 0.515 e. The first-order valence-corrected chi connectivity index (χ1v) is 3.51. The van der Waals surface area contributed by atoms with Crippen LogP contribution in [0, 0.1) is 0 Å². The molecule has 0 aliphatic rings. The van der Waals surface area contributed by atoms with Crippen LogP contribution in [-0.4, -0.2) is 19.1 Å². The highest BCUT2D eigenvalue weighted by Gasteiger charge is 2.16. The molecule has 8 heavy (non-hydrogen) atoms. The fourth-order valence-electron chi connectivity index (χ4n) is 0.246. The molecule has 0 fully saturated rings. The molecule has 0 N–H and O–H groups in total. The average Bonchev–Trinajstić information content (AvgIpc) is 1.65. The molecule has 0 amide bonds. The molecule has 0 heterocycles. The second-order valence-electron chi connectivity index (χ2n) is 1.38. The van der Waals surface area contributed by atoms with Crippen molar-refractivity contribution in [2.75, 3.05) is 13.3 Å². The fraction of sp³-hybridized carbons (Fsp3) is 0.750. The van der Waals surface area contributed by atoms with Crippen LogP contribution >= 0.6 is 8.03 Å². The van der Waals surface area contributed by atoms with E-state index in [1.54, 1.807) is 0 Å². The van der Waals surface area contributed by atoms with E-state index in [9.17, 15) is 9.36 Å². The van der Waals surface area contributed by atoms with Gasteiger partial charge in [-0.1, -0.05) is 0 Å². The minimum atomic E-state index is -1.72.